The van der Waals surface area contributed by atoms with Crippen LogP contribution < -0.4 is 5.32 Å². The molecule has 1 aromatic heterocycles. The van der Waals surface area contributed by atoms with E-state index in [4.69, 9.17) is 0 Å². The zero-order chi connectivity index (χ0) is 13.6. The summed E-state index contributed by atoms with van der Waals surface area (Å²) in [6.07, 6.45) is 11.6. The van der Waals surface area contributed by atoms with Crippen LogP contribution in [0, 0.1) is 0 Å². The van der Waals surface area contributed by atoms with Gasteiger partial charge in [-0.05, 0) is 30.5 Å². The number of hydrogen-bond donors (Lipinski definition) is 1. The zero-order valence-corrected chi connectivity index (χ0v) is 11.8. The number of hydrogen-bond acceptors (Lipinski definition) is 3. The summed E-state index contributed by atoms with van der Waals surface area (Å²) in [5, 5.41) is 12.0. The lowest BCUT2D eigenvalue weighted by Gasteiger charge is -2.16. The van der Waals surface area contributed by atoms with Crippen LogP contribution in [-0.4, -0.2) is 21.0 Å². The third-order valence-electron chi connectivity index (χ3n) is 4.04. The molecule has 0 unspecified atom stereocenters. The van der Waals surface area contributed by atoms with Gasteiger partial charge in [0.1, 0.15) is 0 Å². The van der Waals surface area contributed by atoms with Crippen LogP contribution in [0.25, 0.3) is 5.69 Å². The molecular formula is C16H22N4. The van der Waals surface area contributed by atoms with Crippen LogP contribution in [0.3, 0.4) is 0 Å². The molecule has 1 aliphatic carbocycles. The van der Waals surface area contributed by atoms with E-state index in [0.717, 1.165) is 12.2 Å². The lowest BCUT2D eigenvalue weighted by molar-refractivity contribution is 0.459. The molecule has 1 heterocycles. The Hall–Kier alpha value is -1.68. The summed E-state index contributed by atoms with van der Waals surface area (Å²) in [6.45, 7) is 0.956. The summed E-state index contributed by atoms with van der Waals surface area (Å²) in [5.41, 5.74) is 2.33. The summed E-state index contributed by atoms with van der Waals surface area (Å²) >= 11 is 0. The third-order valence-corrected chi connectivity index (χ3v) is 4.04. The summed E-state index contributed by atoms with van der Waals surface area (Å²) in [4.78, 5) is 1.64. The van der Waals surface area contributed by atoms with E-state index in [-0.39, 0.29) is 0 Å². The molecule has 106 valence electrons. The van der Waals surface area contributed by atoms with Crippen molar-refractivity contribution in [2.24, 2.45) is 0 Å². The molecule has 0 saturated heterocycles. The molecule has 0 bridgehead atoms. The second kappa shape index (κ2) is 6.66. The maximum atomic E-state index is 4.14. The maximum Gasteiger partial charge on any atom is 0.0856 e. The average Bonchev–Trinajstić information content (AvgIpc) is 2.90. The van der Waals surface area contributed by atoms with Gasteiger partial charge in [0.2, 0.25) is 0 Å². The molecule has 1 fully saturated rings. The normalized spacial score (nSPS) is 17.0. The molecule has 0 aliphatic heterocycles. The minimum Gasteiger partial charge on any atom is -0.310 e. The van der Waals surface area contributed by atoms with Gasteiger partial charge in [-0.15, -0.1) is 0 Å². The Balaban J connectivity index is 1.55. The van der Waals surface area contributed by atoms with Crippen molar-refractivity contribution in [1.82, 2.24) is 20.3 Å². The monoisotopic (exact) mass is 270 g/mol. The lowest BCUT2D eigenvalue weighted by atomic mass is 10.1. The molecule has 0 atom stereocenters. The van der Waals surface area contributed by atoms with E-state index in [1.807, 2.05) is 0 Å². The molecule has 3 rings (SSSR count). The van der Waals surface area contributed by atoms with Gasteiger partial charge in [0.15, 0.2) is 0 Å². The van der Waals surface area contributed by atoms with Crippen molar-refractivity contribution in [1.29, 1.82) is 0 Å². The van der Waals surface area contributed by atoms with Gasteiger partial charge in [-0.25, -0.2) is 0 Å². The highest BCUT2D eigenvalue weighted by atomic mass is 15.5. The van der Waals surface area contributed by atoms with Crippen molar-refractivity contribution in [2.45, 2.75) is 51.1 Å². The SMILES string of the molecule is c1cnn(-c2ccc(CNC3CCCCCC3)cc2)n1. The second-order valence-electron chi connectivity index (χ2n) is 5.55. The Labute approximate surface area is 120 Å². The predicted octanol–water partition coefficient (Wildman–Crippen LogP) is 3.08. The highest BCUT2D eigenvalue weighted by Gasteiger charge is 2.11. The van der Waals surface area contributed by atoms with Crippen molar-refractivity contribution in [3.05, 3.63) is 42.2 Å². The van der Waals surface area contributed by atoms with Gasteiger partial charge < -0.3 is 5.32 Å². The Kier molecular flexibility index (Phi) is 4.43. The fraction of sp³-hybridized carbons (Fsp3) is 0.500. The van der Waals surface area contributed by atoms with Gasteiger partial charge in [0.25, 0.3) is 0 Å². The molecular weight excluding hydrogens is 248 g/mol. The number of rotatable bonds is 4. The predicted molar refractivity (Wildman–Crippen MR) is 79.7 cm³/mol. The summed E-state index contributed by atoms with van der Waals surface area (Å²) < 4.78 is 0. The molecule has 0 radical (unpaired) electrons. The first-order valence-corrected chi connectivity index (χ1v) is 7.61. The first-order valence-electron chi connectivity index (χ1n) is 7.61. The van der Waals surface area contributed by atoms with E-state index in [9.17, 15) is 0 Å². The smallest absolute Gasteiger partial charge is 0.0856 e. The zero-order valence-electron chi connectivity index (χ0n) is 11.8. The Morgan fingerprint density at radius 1 is 0.950 bits per heavy atom. The lowest BCUT2D eigenvalue weighted by Crippen LogP contribution is -2.27. The summed E-state index contributed by atoms with van der Waals surface area (Å²) in [5.74, 6) is 0. The summed E-state index contributed by atoms with van der Waals surface area (Å²) in [6, 6.07) is 9.16. The maximum absolute atomic E-state index is 4.14. The topological polar surface area (TPSA) is 42.7 Å². The minimum absolute atomic E-state index is 0.699. The first-order chi connectivity index (χ1) is 9.92. The highest BCUT2D eigenvalue weighted by Crippen LogP contribution is 2.17. The molecule has 1 aromatic carbocycles. The first kappa shape index (κ1) is 13.3. The number of benzene rings is 1. The van der Waals surface area contributed by atoms with Crippen LogP contribution in [0.5, 0.6) is 0 Å². The van der Waals surface area contributed by atoms with E-state index < -0.39 is 0 Å². The van der Waals surface area contributed by atoms with Crippen LogP contribution in [-0.2, 0) is 6.54 Å². The van der Waals surface area contributed by atoms with Crippen molar-refractivity contribution in [2.75, 3.05) is 0 Å². The van der Waals surface area contributed by atoms with Crippen molar-refractivity contribution in [3.8, 4) is 5.69 Å². The Bertz CT molecular complexity index is 496. The van der Waals surface area contributed by atoms with Crippen LogP contribution in [0.4, 0.5) is 0 Å². The molecule has 4 heteroatoms. The van der Waals surface area contributed by atoms with Gasteiger partial charge >= 0.3 is 0 Å². The number of nitrogens with one attached hydrogen (secondary N) is 1. The minimum atomic E-state index is 0.699. The Morgan fingerprint density at radius 3 is 2.25 bits per heavy atom. The van der Waals surface area contributed by atoms with Crippen LogP contribution >= 0.6 is 0 Å². The van der Waals surface area contributed by atoms with Crippen LogP contribution in [0.2, 0.25) is 0 Å². The molecule has 1 aliphatic rings. The van der Waals surface area contributed by atoms with E-state index in [0.29, 0.717) is 6.04 Å². The van der Waals surface area contributed by atoms with Crippen molar-refractivity contribution in [3.63, 3.8) is 0 Å². The van der Waals surface area contributed by atoms with Crippen molar-refractivity contribution >= 4 is 0 Å². The van der Waals surface area contributed by atoms with Gasteiger partial charge in [-0.1, -0.05) is 37.8 Å². The highest BCUT2D eigenvalue weighted by molar-refractivity contribution is 5.32. The summed E-state index contributed by atoms with van der Waals surface area (Å²) in [7, 11) is 0. The van der Waals surface area contributed by atoms with Gasteiger partial charge in [-0.3, -0.25) is 0 Å². The number of aromatic nitrogens is 3. The van der Waals surface area contributed by atoms with Gasteiger partial charge in [-0.2, -0.15) is 15.0 Å². The quantitative estimate of drug-likeness (QED) is 0.868. The van der Waals surface area contributed by atoms with E-state index in [1.165, 1.54) is 44.1 Å². The Morgan fingerprint density at radius 2 is 1.60 bits per heavy atom. The molecule has 1 N–H and O–H groups in total. The van der Waals surface area contributed by atoms with Crippen LogP contribution in [0.15, 0.2) is 36.7 Å². The molecule has 4 nitrogen and oxygen atoms in total. The van der Waals surface area contributed by atoms with E-state index >= 15 is 0 Å². The second-order valence-corrected chi connectivity index (χ2v) is 5.55. The molecule has 0 spiro atoms. The van der Waals surface area contributed by atoms with E-state index in [1.54, 1.807) is 17.2 Å². The molecule has 1 saturated carbocycles. The van der Waals surface area contributed by atoms with Crippen LogP contribution in [0.1, 0.15) is 44.1 Å². The van der Waals surface area contributed by atoms with Gasteiger partial charge in [0, 0.05) is 12.6 Å². The fourth-order valence-electron chi connectivity index (χ4n) is 2.84. The molecule has 2 aromatic rings. The standard InChI is InChI=1S/C16H22N4/c1-2-4-6-15(5-3-1)17-13-14-7-9-16(10-8-14)20-18-11-12-19-20/h7-12,15,17H,1-6,13H2. The third kappa shape index (κ3) is 3.45. The number of nitrogens with zero attached hydrogens (tertiary/aromatic N) is 3. The average molecular weight is 270 g/mol. The molecule has 20 heavy (non-hydrogen) atoms. The van der Waals surface area contributed by atoms with Gasteiger partial charge in [0.05, 0.1) is 18.1 Å². The largest absolute Gasteiger partial charge is 0.310 e. The molecule has 0 amide bonds. The van der Waals surface area contributed by atoms with Crippen molar-refractivity contribution < 1.29 is 0 Å². The van der Waals surface area contributed by atoms with E-state index in [2.05, 4.69) is 39.8 Å². The fourth-order valence-corrected chi connectivity index (χ4v) is 2.84.